The Hall–Kier alpha value is -2.55. The average molecular weight is 437 g/mol. The quantitative estimate of drug-likeness (QED) is 0.541. The first-order chi connectivity index (χ1) is 13.4. The molecule has 1 heterocycles. The van der Waals surface area contributed by atoms with E-state index in [1.54, 1.807) is 42.5 Å². The number of carbonyl (C=O) groups is 2. The molecular weight excluding hydrogens is 423 g/mol. The first kappa shape index (κ1) is 20.2. The van der Waals surface area contributed by atoms with Gasteiger partial charge in [-0.25, -0.2) is 0 Å². The molecule has 2 N–H and O–H groups in total. The molecule has 144 valence electrons. The minimum atomic E-state index is -0.290. The van der Waals surface area contributed by atoms with Crippen molar-refractivity contribution in [3.8, 4) is 11.5 Å². The number of nitrogens with one attached hydrogen (secondary N) is 2. The molecule has 0 fully saturated rings. The number of hydrogen-bond donors (Lipinski definition) is 2. The standard InChI is InChI=1S/C18H14Cl2N4O3S/c1-10(25)21-12-5-2-4-11(8-12)17-23-24-18(27-17)28-9-15(26)22-14-7-3-6-13(19)16(14)20/h2-8H,9H2,1H3,(H,21,25)(H,22,26). The van der Waals surface area contributed by atoms with Crippen molar-refractivity contribution in [2.75, 3.05) is 16.4 Å². The molecule has 10 heteroatoms. The number of amides is 2. The molecule has 2 amide bonds. The van der Waals surface area contributed by atoms with Gasteiger partial charge in [-0.05, 0) is 30.3 Å². The number of rotatable bonds is 6. The molecule has 1 aromatic heterocycles. The largest absolute Gasteiger partial charge is 0.411 e. The SMILES string of the molecule is CC(=O)Nc1cccc(-c2nnc(SCC(=O)Nc3cccc(Cl)c3Cl)o2)c1. The number of nitrogens with zero attached hydrogens (tertiary/aromatic N) is 2. The number of anilines is 2. The van der Waals surface area contributed by atoms with Gasteiger partial charge in [0.2, 0.25) is 17.7 Å². The normalized spacial score (nSPS) is 10.5. The predicted molar refractivity (Wildman–Crippen MR) is 110 cm³/mol. The van der Waals surface area contributed by atoms with E-state index < -0.39 is 0 Å². The van der Waals surface area contributed by atoms with E-state index in [2.05, 4.69) is 20.8 Å². The second-order valence-corrected chi connectivity index (χ2v) is 7.29. The molecule has 0 atom stereocenters. The second-order valence-electron chi connectivity index (χ2n) is 5.57. The van der Waals surface area contributed by atoms with E-state index in [1.807, 2.05) is 0 Å². The molecule has 0 radical (unpaired) electrons. The number of thioether (sulfide) groups is 1. The highest BCUT2D eigenvalue weighted by Crippen LogP contribution is 2.30. The van der Waals surface area contributed by atoms with E-state index >= 15 is 0 Å². The Balaban J connectivity index is 1.61. The Labute approximate surface area is 174 Å². The monoisotopic (exact) mass is 436 g/mol. The fraction of sp³-hybridized carbons (Fsp3) is 0.111. The Morgan fingerprint density at radius 1 is 1.11 bits per heavy atom. The van der Waals surface area contributed by atoms with E-state index in [1.165, 1.54) is 6.92 Å². The Bertz CT molecular complexity index is 1030. The van der Waals surface area contributed by atoms with Crippen LogP contribution in [0.25, 0.3) is 11.5 Å². The van der Waals surface area contributed by atoms with E-state index in [-0.39, 0.29) is 33.7 Å². The van der Waals surface area contributed by atoms with Crippen molar-refractivity contribution < 1.29 is 14.0 Å². The molecule has 0 aliphatic carbocycles. The van der Waals surface area contributed by atoms with E-state index in [9.17, 15) is 9.59 Å². The van der Waals surface area contributed by atoms with Gasteiger partial charge in [-0.15, -0.1) is 10.2 Å². The van der Waals surface area contributed by atoms with Gasteiger partial charge in [0.25, 0.3) is 5.22 Å². The molecule has 3 rings (SSSR count). The summed E-state index contributed by atoms with van der Waals surface area (Å²) in [4.78, 5) is 23.3. The highest BCUT2D eigenvalue weighted by atomic mass is 35.5. The number of halogens is 2. The zero-order valence-corrected chi connectivity index (χ0v) is 16.9. The van der Waals surface area contributed by atoms with Crippen LogP contribution >= 0.6 is 35.0 Å². The lowest BCUT2D eigenvalue weighted by atomic mass is 10.2. The summed E-state index contributed by atoms with van der Waals surface area (Å²) < 4.78 is 5.57. The molecule has 0 unspecified atom stereocenters. The summed E-state index contributed by atoms with van der Waals surface area (Å²) in [5.41, 5.74) is 1.71. The van der Waals surface area contributed by atoms with Crippen LogP contribution < -0.4 is 10.6 Å². The van der Waals surface area contributed by atoms with Crippen LogP contribution in [0.3, 0.4) is 0 Å². The summed E-state index contributed by atoms with van der Waals surface area (Å²) in [5.74, 6) is -0.129. The summed E-state index contributed by atoms with van der Waals surface area (Å²) >= 11 is 13.1. The van der Waals surface area contributed by atoms with Crippen LogP contribution in [-0.4, -0.2) is 27.8 Å². The lowest BCUT2D eigenvalue weighted by Gasteiger charge is -2.07. The highest BCUT2D eigenvalue weighted by molar-refractivity contribution is 7.99. The highest BCUT2D eigenvalue weighted by Gasteiger charge is 2.13. The third-order valence-corrected chi connectivity index (χ3v) is 5.03. The van der Waals surface area contributed by atoms with Gasteiger partial charge in [0.15, 0.2) is 0 Å². The van der Waals surface area contributed by atoms with Gasteiger partial charge in [0, 0.05) is 18.2 Å². The van der Waals surface area contributed by atoms with Gasteiger partial charge in [-0.2, -0.15) is 0 Å². The first-order valence-electron chi connectivity index (χ1n) is 8.00. The van der Waals surface area contributed by atoms with Crippen LogP contribution in [0.15, 0.2) is 52.1 Å². The maximum atomic E-state index is 12.1. The minimum Gasteiger partial charge on any atom is -0.411 e. The molecule has 7 nitrogen and oxygen atoms in total. The van der Waals surface area contributed by atoms with Gasteiger partial charge < -0.3 is 15.1 Å². The Morgan fingerprint density at radius 2 is 1.89 bits per heavy atom. The fourth-order valence-corrected chi connectivity index (χ4v) is 3.14. The van der Waals surface area contributed by atoms with Gasteiger partial charge in [0.1, 0.15) is 0 Å². The van der Waals surface area contributed by atoms with Crippen molar-refractivity contribution in [1.29, 1.82) is 0 Å². The zero-order chi connectivity index (χ0) is 20.1. The molecule has 0 bridgehead atoms. The van der Waals surface area contributed by atoms with Crippen molar-refractivity contribution >= 4 is 58.2 Å². The summed E-state index contributed by atoms with van der Waals surface area (Å²) in [6, 6.07) is 12.0. The Morgan fingerprint density at radius 3 is 2.68 bits per heavy atom. The fourth-order valence-electron chi connectivity index (χ4n) is 2.23. The lowest BCUT2D eigenvalue weighted by molar-refractivity contribution is -0.114. The second kappa shape index (κ2) is 9.09. The summed E-state index contributed by atoms with van der Waals surface area (Å²) in [7, 11) is 0. The maximum absolute atomic E-state index is 12.1. The van der Waals surface area contributed by atoms with Gasteiger partial charge in [-0.1, -0.05) is 47.1 Å². The molecule has 0 aliphatic rings. The van der Waals surface area contributed by atoms with Crippen molar-refractivity contribution in [2.45, 2.75) is 12.1 Å². The zero-order valence-electron chi connectivity index (χ0n) is 14.5. The number of benzene rings is 2. The molecule has 0 saturated carbocycles. The van der Waals surface area contributed by atoms with Crippen molar-refractivity contribution in [3.63, 3.8) is 0 Å². The molecule has 3 aromatic rings. The lowest BCUT2D eigenvalue weighted by Crippen LogP contribution is -2.14. The third-order valence-electron chi connectivity index (χ3n) is 3.39. The van der Waals surface area contributed by atoms with Crippen LogP contribution in [0.4, 0.5) is 11.4 Å². The molecule has 0 spiro atoms. The van der Waals surface area contributed by atoms with E-state index in [0.717, 1.165) is 11.8 Å². The number of aromatic nitrogens is 2. The summed E-state index contributed by atoms with van der Waals surface area (Å²) in [6.45, 7) is 1.43. The smallest absolute Gasteiger partial charge is 0.277 e. The van der Waals surface area contributed by atoms with Crippen molar-refractivity contribution in [3.05, 3.63) is 52.5 Å². The minimum absolute atomic E-state index is 0.0520. The summed E-state index contributed by atoms with van der Waals surface area (Å²) in [5, 5.41) is 14.1. The van der Waals surface area contributed by atoms with Crippen LogP contribution in [0.1, 0.15) is 6.92 Å². The van der Waals surface area contributed by atoms with Crippen LogP contribution in [0, 0.1) is 0 Å². The van der Waals surface area contributed by atoms with Crippen molar-refractivity contribution in [1.82, 2.24) is 10.2 Å². The van der Waals surface area contributed by atoms with Crippen molar-refractivity contribution in [2.24, 2.45) is 0 Å². The molecule has 28 heavy (non-hydrogen) atoms. The van der Waals surface area contributed by atoms with Crippen LogP contribution in [0.5, 0.6) is 0 Å². The van der Waals surface area contributed by atoms with Gasteiger partial charge in [0.05, 0.1) is 21.5 Å². The maximum Gasteiger partial charge on any atom is 0.277 e. The van der Waals surface area contributed by atoms with E-state index in [4.69, 9.17) is 27.6 Å². The molecule has 0 aliphatic heterocycles. The molecular formula is C18H14Cl2N4O3S. The van der Waals surface area contributed by atoms with Gasteiger partial charge in [-0.3, -0.25) is 9.59 Å². The number of hydrogen-bond acceptors (Lipinski definition) is 6. The predicted octanol–water partition coefficient (Wildman–Crippen LogP) is 4.73. The van der Waals surface area contributed by atoms with E-state index in [0.29, 0.717) is 22.0 Å². The summed E-state index contributed by atoms with van der Waals surface area (Å²) in [6.07, 6.45) is 0. The molecule has 0 saturated heterocycles. The third kappa shape index (κ3) is 5.25. The molecule has 2 aromatic carbocycles. The van der Waals surface area contributed by atoms with Gasteiger partial charge >= 0.3 is 0 Å². The van der Waals surface area contributed by atoms with Crippen LogP contribution in [-0.2, 0) is 9.59 Å². The average Bonchev–Trinajstić information content (AvgIpc) is 3.13. The topological polar surface area (TPSA) is 97.1 Å². The van der Waals surface area contributed by atoms with Crippen LogP contribution in [0.2, 0.25) is 10.0 Å². The Kier molecular flexibility index (Phi) is 6.56. The first-order valence-corrected chi connectivity index (χ1v) is 9.74. The number of carbonyl (C=O) groups excluding carboxylic acids is 2.